The van der Waals surface area contributed by atoms with Gasteiger partial charge in [0.05, 0.1) is 6.54 Å². The molecule has 1 aliphatic heterocycles. The lowest BCUT2D eigenvalue weighted by atomic mass is 10.7. The third-order valence-corrected chi connectivity index (χ3v) is 2.27. The van der Waals surface area contributed by atoms with Gasteiger partial charge in [0.25, 0.3) is 0 Å². The number of nitrogens with zero attached hydrogens (tertiary/aromatic N) is 1. The average Bonchev–Trinajstić information content (AvgIpc) is 2.53. The van der Waals surface area contributed by atoms with Crippen LogP contribution in [-0.2, 0) is 0 Å². The van der Waals surface area contributed by atoms with Crippen LogP contribution in [0.1, 0.15) is 0 Å². The van der Waals surface area contributed by atoms with E-state index in [2.05, 4.69) is 15.6 Å². The number of hydrogen-bond donors (Lipinski definition) is 2. The lowest BCUT2D eigenvalue weighted by Gasteiger charge is -2.03. The molecule has 1 rings (SSSR count). The van der Waals surface area contributed by atoms with Crippen LogP contribution in [0.25, 0.3) is 0 Å². The maximum atomic E-state index is 11.0. The summed E-state index contributed by atoms with van der Waals surface area (Å²) in [5, 5.41) is 5.90. The first kappa shape index (κ1) is 9.67. The fourth-order valence-electron chi connectivity index (χ4n) is 0.713. The van der Waals surface area contributed by atoms with E-state index >= 15 is 0 Å². The molecular weight excluding hydrogens is 198 g/mol. The number of amidine groups is 1. The molecule has 0 aliphatic carbocycles. The van der Waals surface area contributed by atoms with Crippen LogP contribution in [-0.4, -0.2) is 35.9 Å². The second-order valence-corrected chi connectivity index (χ2v) is 3.57. The summed E-state index contributed by atoms with van der Waals surface area (Å²) in [7, 11) is 0. The van der Waals surface area contributed by atoms with Gasteiger partial charge < -0.3 is 5.32 Å². The highest BCUT2D eigenvalue weighted by Crippen LogP contribution is 2.08. The zero-order chi connectivity index (χ0) is 8.81. The van der Waals surface area contributed by atoms with Gasteiger partial charge in [-0.15, -0.1) is 11.6 Å². The van der Waals surface area contributed by atoms with Crippen molar-refractivity contribution in [2.24, 2.45) is 4.99 Å². The SMILES string of the molecule is O=C(NCCCl)NC1=NCCS1. The highest BCUT2D eigenvalue weighted by Gasteiger charge is 2.09. The summed E-state index contributed by atoms with van der Waals surface area (Å²) in [5.74, 6) is 1.37. The Labute approximate surface area is 80.1 Å². The number of halogens is 1. The Morgan fingerprint density at radius 1 is 1.75 bits per heavy atom. The van der Waals surface area contributed by atoms with Crippen LogP contribution in [0.15, 0.2) is 4.99 Å². The molecule has 0 aromatic rings. The number of amides is 2. The first-order valence-corrected chi connectivity index (χ1v) is 5.13. The van der Waals surface area contributed by atoms with Crippen molar-refractivity contribution >= 4 is 34.6 Å². The Hall–Kier alpha value is -0.420. The summed E-state index contributed by atoms with van der Waals surface area (Å²) in [6.07, 6.45) is 0. The molecule has 0 atom stereocenters. The Morgan fingerprint density at radius 3 is 3.17 bits per heavy atom. The third kappa shape index (κ3) is 3.32. The summed E-state index contributed by atoms with van der Waals surface area (Å²) in [6.45, 7) is 1.27. The standard InChI is InChI=1S/C6H10ClN3OS/c7-1-2-8-5(11)10-6-9-3-4-12-6/h1-4H2,(H2,8,9,10,11). The molecule has 0 saturated carbocycles. The van der Waals surface area contributed by atoms with Crippen molar-refractivity contribution in [3.63, 3.8) is 0 Å². The lowest BCUT2D eigenvalue weighted by molar-refractivity contribution is 0.246. The van der Waals surface area contributed by atoms with E-state index in [4.69, 9.17) is 11.6 Å². The summed E-state index contributed by atoms with van der Waals surface area (Å²) in [4.78, 5) is 15.0. The van der Waals surface area contributed by atoms with Gasteiger partial charge in [-0.2, -0.15) is 0 Å². The number of alkyl halides is 1. The highest BCUT2D eigenvalue weighted by molar-refractivity contribution is 8.14. The largest absolute Gasteiger partial charge is 0.337 e. The van der Waals surface area contributed by atoms with Gasteiger partial charge in [-0.3, -0.25) is 10.3 Å². The lowest BCUT2D eigenvalue weighted by Crippen LogP contribution is -2.38. The molecule has 0 spiro atoms. The first-order chi connectivity index (χ1) is 5.83. The quantitative estimate of drug-likeness (QED) is 0.653. The number of rotatable bonds is 2. The Bertz CT molecular complexity index is 197. The molecule has 1 heterocycles. The second kappa shape index (κ2) is 5.27. The Morgan fingerprint density at radius 2 is 2.58 bits per heavy atom. The number of thioether (sulfide) groups is 1. The van der Waals surface area contributed by atoms with Crippen molar-refractivity contribution in [2.45, 2.75) is 0 Å². The van der Waals surface area contributed by atoms with Crippen LogP contribution in [0.5, 0.6) is 0 Å². The van der Waals surface area contributed by atoms with Gasteiger partial charge >= 0.3 is 6.03 Å². The van der Waals surface area contributed by atoms with Crippen molar-refractivity contribution < 1.29 is 4.79 Å². The van der Waals surface area contributed by atoms with Gasteiger partial charge in [-0.1, -0.05) is 11.8 Å². The van der Waals surface area contributed by atoms with Gasteiger partial charge in [0.1, 0.15) is 0 Å². The van der Waals surface area contributed by atoms with E-state index in [1.54, 1.807) is 11.8 Å². The van der Waals surface area contributed by atoms with Gasteiger partial charge in [0.15, 0.2) is 5.17 Å². The smallest absolute Gasteiger partial charge is 0.320 e. The topological polar surface area (TPSA) is 53.5 Å². The number of hydrogen-bond acceptors (Lipinski definition) is 3. The van der Waals surface area contributed by atoms with Gasteiger partial charge in [-0.05, 0) is 0 Å². The normalized spacial score (nSPS) is 15.6. The summed E-state index contributed by atoms with van der Waals surface area (Å²) in [6, 6.07) is -0.233. The number of nitrogens with one attached hydrogen (secondary N) is 2. The molecule has 1 aliphatic rings. The Kier molecular flexibility index (Phi) is 4.24. The summed E-state index contributed by atoms with van der Waals surface area (Å²) in [5.41, 5.74) is 0. The van der Waals surface area contributed by atoms with Crippen LogP contribution in [0, 0.1) is 0 Å². The van der Waals surface area contributed by atoms with Gasteiger partial charge in [0, 0.05) is 18.2 Å². The minimum atomic E-state index is -0.233. The molecule has 0 aromatic heterocycles. The number of urea groups is 1. The van der Waals surface area contributed by atoms with Crippen molar-refractivity contribution in [1.82, 2.24) is 10.6 Å². The maximum absolute atomic E-state index is 11.0. The van der Waals surface area contributed by atoms with Crippen LogP contribution >= 0.6 is 23.4 Å². The van der Waals surface area contributed by atoms with E-state index in [0.29, 0.717) is 17.6 Å². The maximum Gasteiger partial charge on any atom is 0.320 e. The number of carbonyl (C=O) groups is 1. The van der Waals surface area contributed by atoms with Gasteiger partial charge in [-0.25, -0.2) is 4.79 Å². The number of carbonyl (C=O) groups excluding carboxylic acids is 1. The van der Waals surface area contributed by atoms with E-state index < -0.39 is 0 Å². The Balaban J connectivity index is 2.17. The third-order valence-electron chi connectivity index (χ3n) is 1.19. The average molecular weight is 208 g/mol. The first-order valence-electron chi connectivity index (χ1n) is 3.61. The van der Waals surface area contributed by atoms with Crippen LogP contribution in [0.2, 0.25) is 0 Å². The molecule has 0 fully saturated rings. The minimum absolute atomic E-state index is 0.233. The predicted molar refractivity (Wildman–Crippen MR) is 52.0 cm³/mol. The summed E-state index contributed by atoms with van der Waals surface area (Å²) >= 11 is 6.93. The van der Waals surface area contributed by atoms with E-state index in [0.717, 1.165) is 12.3 Å². The molecule has 0 radical (unpaired) electrons. The van der Waals surface area contributed by atoms with E-state index in [9.17, 15) is 4.79 Å². The van der Waals surface area contributed by atoms with Crippen molar-refractivity contribution in [2.75, 3.05) is 24.7 Å². The fraction of sp³-hybridized carbons (Fsp3) is 0.667. The number of aliphatic imine (C=N–C) groups is 1. The van der Waals surface area contributed by atoms with Crippen molar-refractivity contribution in [1.29, 1.82) is 0 Å². The summed E-state index contributed by atoms with van der Waals surface area (Å²) < 4.78 is 0. The van der Waals surface area contributed by atoms with Crippen LogP contribution in [0.4, 0.5) is 4.79 Å². The molecule has 6 heteroatoms. The molecule has 0 saturated heterocycles. The second-order valence-electron chi connectivity index (χ2n) is 2.11. The predicted octanol–water partition coefficient (Wildman–Crippen LogP) is 0.627. The fourth-order valence-corrected chi connectivity index (χ4v) is 1.53. The molecule has 2 amide bonds. The molecule has 4 nitrogen and oxygen atoms in total. The zero-order valence-electron chi connectivity index (χ0n) is 6.47. The molecule has 2 N–H and O–H groups in total. The molecule has 12 heavy (non-hydrogen) atoms. The minimum Gasteiger partial charge on any atom is -0.337 e. The zero-order valence-corrected chi connectivity index (χ0v) is 8.04. The van der Waals surface area contributed by atoms with Crippen LogP contribution < -0.4 is 10.6 Å². The molecule has 0 unspecified atom stereocenters. The molecule has 0 aromatic carbocycles. The molecule has 68 valence electrons. The van der Waals surface area contributed by atoms with E-state index in [1.165, 1.54) is 0 Å². The van der Waals surface area contributed by atoms with Gasteiger partial charge in [0.2, 0.25) is 0 Å². The highest BCUT2D eigenvalue weighted by atomic mass is 35.5. The van der Waals surface area contributed by atoms with E-state index in [-0.39, 0.29) is 6.03 Å². The van der Waals surface area contributed by atoms with Crippen LogP contribution in [0.3, 0.4) is 0 Å². The van der Waals surface area contributed by atoms with Crippen molar-refractivity contribution in [3.8, 4) is 0 Å². The van der Waals surface area contributed by atoms with Crippen molar-refractivity contribution in [3.05, 3.63) is 0 Å². The molecule has 0 bridgehead atoms. The monoisotopic (exact) mass is 207 g/mol. The molecular formula is C6H10ClN3OS. The van der Waals surface area contributed by atoms with E-state index in [1.807, 2.05) is 0 Å².